The molecule has 0 radical (unpaired) electrons. The number of nitrogens with one attached hydrogen (secondary N) is 2. The first-order valence-corrected chi connectivity index (χ1v) is 7.63. The molecule has 1 aliphatic rings. The number of likely N-dealkylation sites (tertiary alicyclic amines) is 1. The Hall–Kier alpha value is -1.62. The molecule has 0 aromatic heterocycles. The normalized spacial score (nSPS) is 19.8. The third-order valence-corrected chi connectivity index (χ3v) is 4.00. The lowest BCUT2D eigenvalue weighted by Gasteiger charge is -2.16. The summed E-state index contributed by atoms with van der Waals surface area (Å²) in [5.41, 5.74) is 0.651. The monoisotopic (exact) mass is 292 g/mol. The first-order chi connectivity index (χ1) is 10.2. The number of hydrogen-bond acceptors (Lipinski definition) is 2. The van der Waals surface area contributed by atoms with Crippen LogP contribution in [0.25, 0.3) is 0 Å². The van der Waals surface area contributed by atoms with Gasteiger partial charge in [0.15, 0.2) is 5.96 Å². The molecule has 5 heteroatoms. The van der Waals surface area contributed by atoms with Crippen molar-refractivity contribution >= 4 is 5.96 Å². The van der Waals surface area contributed by atoms with Gasteiger partial charge >= 0.3 is 0 Å². The van der Waals surface area contributed by atoms with Gasteiger partial charge in [-0.3, -0.25) is 4.99 Å². The summed E-state index contributed by atoms with van der Waals surface area (Å²) in [4.78, 5) is 6.65. The van der Waals surface area contributed by atoms with Crippen molar-refractivity contribution in [2.75, 3.05) is 33.2 Å². The van der Waals surface area contributed by atoms with Gasteiger partial charge < -0.3 is 15.5 Å². The smallest absolute Gasteiger partial charge is 0.191 e. The van der Waals surface area contributed by atoms with Gasteiger partial charge in [0, 0.05) is 32.2 Å². The van der Waals surface area contributed by atoms with E-state index in [9.17, 15) is 4.39 Å². The van der Waals surface area contributed by atoms with Crippen molar-refractivity contribution < 1.29 is 4.39 Å². The second kappa shape index (κ2) is 7.98. The van der Waals surface area contributed by atoms with E-state index in [1.807, 2.05) is 6.07 Å². The van der Waals surface area contributed by atoms with Crippen molar-refractivity contribution in [1.29, 1.82) is 0 Å². The van der Waals surface area contributed by atoms with Crippen molar-refractivity contribution in [1.82, 2.24) is 15.5 Å². The molecule has 1 aromatic rings. The summed E-state index contributed by atoms with van der Waals surface area (Å²) < 4.78 is 13.6. The van der Waals surface area contributed by atoms with Crippen LogP contribution in [0.15, 0.2) is 29.3 Å². The summed E-state index contributed by atoms with van der Waals surface area (Å²) in [5.74, 6) is 1.21. The van der Waals surface area contributed by atoms with E-state index in [1.54, 1.807) is 19.2 Å². The van der Waals surface area contributed by atoms with Crippen molar-refractivity contribution in [2.24, 2.45) is 10.9 Å². The molecule has 1 aliphatic heterocycles. The Morgan fingerprint density at radius 3 is 2.86 bits per heavy atom. The average Bonchev–Trinajstić information content (AvgIpc) is 2.97. The molecule has 1 heterocycles. The van der Waals surface area contributed by atoms with Gasteiger partial charge in [0.1, 0.15) is 5.82 Å². The molecular formula is C16H25FN4. The minimum Gasteiger partial charge on any atom is -0.356 e. The van der Waals surface area contributed by atoms with Crippen molar-refractivity contribution in [3.05, 3.63) is 35.6 Å². The van der Waals surface area contributed by atoms with E-state index >= 15 is 0 Å². The fourth-order valence-corrected chi connectivity index (χ4v) is 2.65. The Morgan fingerprint density at radius 2 is 2.19 bits per heavy atom. The second-order valence-electron chi connectivity index (χ2n) is 5.45. The lowest BCUT2D eigenvalue weighted by atomic mass is 10.1. The number of hydrogen-bond donors (Lipinski definition) is 2. The Morgan fingerprint density at radius 1 is 1.38 bits per heavy atom. The Bertz CT molecular complexity index is 475. The third kappa shape index (κ3) is 4.70. The minimum absolute atomic E-state index is 0.185. The van der Waals surface area contributed by atoms with Gasteiger partial charge in [0.25, 0.3) is 0 Å². The topological polar surface area (TPSA) is 39.7 Å². The molecule has 1 atom stereocenters. The number of guanidine groups is 1. The van der Waals surface area contributed by atoms with Gasteiger partial charge in [-0.15, -0.1) is 0 Å². The molecule has 1 unspecified atom stereocenters. The molecule has 1 saturated heterocycles. The molecule has 1 aromatic carbocycles. The molecule has 0 spiro atoms. The van der Waals surface area contributed by atoms with Crippen LogP contribution in [0.2, 0.25) is 0 Å². The molecule has 21 heavy (non-hydrogen) atoms. The maximum absolute atomic E-state index is 13.6. The van der Waals surface area contributed by atoms with Crippen LogP contribution in [-0.2, 0) is 6.54 Å². The molecule has 1 fully saturated rings. The van der Waals surface area contributed by atoms with Gasteiger partial charge in [0.05, 0.1) is 0 Å². The summed E-state index contributed by atoms with van der Waals surface area (Å²) in [6, 6.07) is 6.80. The molecule has 0 saturated carbocycles. The SMILES string of the molecule is CCN1CCC(CNC(=NC)NCc2ccccc2F)C1. The number of rotatable bonds is 5. The number of nitrogens with zero attached hydrogens (tertiary/aromatic N) is 2. The van der Waals surface area contributed by atoms with Crippen LogP contribution < -0.4 is 10.6 Å². The molecule has 0 amide bonds. The summed E-state index contributed by atoms with van der Waals surface area (Å²) in [5, 5.41) is 6.50. The highest BCUT2D eigenvalue weighted by molar-refractivity contribution is 5.79. The zero-order valence-electron chi connectivity index (χ0n) is 12.9. The summed E-state index contributed by atoms with van der Waals surface area (Å²) in [7, 11) is 1.74. The van der Waals surface area contributed by atoms with Crippen LogP contribution >= 0.6 is 0 Å². The van der Waals surface area contributed by atoms with E-state index in [4.69, 9.17) is 0 Å². The third-order valence-electron chi connectivity index (χ3n) is 4.00. The van der Waals surface area contributed by atoms with Crippen LogP contribution in [0, 0.1) is 11.7 Å². The second-order valence-corrected chi connectivity index (χ2v) is 5.45. The number of aliphatic imine (C=N–C) groups is 1. The lowest BCUT2D eigenvalue weighted by Crippen LogP contribution is -2.40. The molecule has 0 bridgehead atoms. The van der Waals surface area contributed by atoms with Crippen LogP contribution in [-0.4, -0.2) is 44.1 Å². The van der Waals surface area contributed by atoms with Crippen molar-refractivity contribution in [3.63, 3.8) is 0 Å². The first-order valence-electron chi connectivity index (χ1n) is 7.63. The highest BCUT2D eigenvalue weighted by Gasteiger charge is 2.20. The van der Waals surface area contributed by atoms with Crippen LogP contribution in [0.5, 0.6) is 0 Å². The van der Waals surface area contributed by atoms with E-state index in [1.165, 1.54) is 19.0 Å². The predicted octanol–water partition coefficient (Wildman–Crippen LogP) is 1.83. The zero-order valence-corrected chi connectivity index (χ0v) is 12.9. The predicted molar refractivity (Wildman–Crippen MR) is 84.8 cm³/mol. The van der Waals surface area contributed by atoms with E-state index in [0.717, 1.165) is 25.6 Å². The number of benzene rings is 1. The van der Waals surface area contributed by atoms with E-state index < -0.39 is 0 Å². The fraction of sp³-hybridized carbons (Fsp3) is 0.562. The maximum Gasteiger partial charge on any atom is 0.191 e. The van der Waals surface area contributed by atoms with Crippen LogP contribution in [0.1, 0.15) is 18.9 Å². The first kappa shape index (κ1) is 15.8. The van der Waals surface area contributed by atoms with Crippen molar-refractivity contribution in [3.8, 4) is 0 Å². The average molecular weight is 292 g/mol. The molecule has 2 rings (SSSR count). The fourth-order valence-electron chi connectivity index (χ4n) is 2.65. The molecule has 0 aliphatic carbocycles. The Labute approximate surface area is 126 Å². The van der Waals surface area contributed by atoms with Crippen molar-refractivity contribution in [2.45, 2.75) is 19.9 Å². The van der Waals surface area contributed by atoms with Gasteiger partial charge in [-0.2, -0.15) is 0 Å². The maximum atomic E-state index is 13.6. The van der Waals surface area contributed by atoms with Gasteiger partial charge in [0.2, 0.25) is 0 Å². The van der Waals surface area contributed by atoms with Gasteiger partial charge in [-0.1, -0.05) is 25.1 Å². The summed E-state index contributed by atoms with van der Waals surface area (Å²) >= 11 is 0. The summed E-state index contributed by atoms with van der Waals surface area (Å²) in [6.45, 7) is 7.00. The van der Waals surface area contributed by atoms with E-state index in [-0.39, 0.29) is 5.82 Å². The van der Waals surface area contributed by atoms with E-state index in [0.29, 0.717) is 18.0 Å². The molecule has 116 valence electrons. The Kier molecular flexibility index (Phi) is 5.99. The zero-order chi connectivity index (χ0) is 15.1. The van der Waals surface area contributed by atoms with Crippen LogP contribution in [0.3, 0.4) is 0 Å². The van der Waals surface area contributed by atoms with Gasteiger partial charge in [-0.05, 0) is 31.5 Å². The molecule has 2 N–H and O–H groups in total. The summed E-state index contributed by atoms with van der Waals surface area (Å²) in [6.07, 6.45) is 1.23. The van der Waals surface area contributed by atoms with Crippen LogP contribution in [0.4, 0.5) is 4.39 Å². The lowest BCUT2D eigenvalue weighted by molar-refractivity contribution is 0.342. The standard InChI is InChI=1S/C16H25FN4/c1-3-21-9-8-13(12-21)10-19-16(18-2)20-11-14-6-4-5-7-15(14)17/h4-7,13H,3,8-12H2,1-2H3,(H2,18,19,20). The number of halogens is 1. The molecular weight excluding hydrogens is 267 g/mol. The quantitative estimate of drug-likeness (QED) is 0.642. The molecule has 4 nitrogen and oxygen atoms in total. The highest BCUT2D eigenvalue weighted by Crippen LogP contribution is 2.14. The van der Waals surface area contributed by atoms with E-state index in [2.05, 4.69) is 27.4 Å². The highest BCUT2D eigenvalue weighted by atomic mass is 19.1. The minimum atomic E-state index is -0.185. The largest absolute Gasteiger partial charge is 0.356 e. The van der Waals surface area contributed by atoms with Gasteiger partial charge in [-0.25, -0.2) is 4.39 Å². The Balaban J connectivity index is 1.75.